The van der Waals surface area contributed by atoms with Gasteiger partial charge in [-0.15, -0.1) is 0 Å². The Morgan fingerprint density at radius 3 is 2.90 bits per heavy atom. The highest BCUT2D eigenvalue weighted by Crippen LogP contribution is 2.25. The zero-order valence-electron chi connectivity index (χ0n) is 11.4. The van der Waals surface area contributed by atoms with E-state index in [1.54, 1.807) is 18.5 Å². The van der Waals surface area contributed by atoms with E-state index in [9.17, 15) is 0 Å². The predicted octanol–water partition coefficient (Wildman–Crippen LogP) is 1.67. The normalized spacial score (nSPS) is 12.6. The zero-order chi connectivity index (χ0) is 14.5. The minimum atomic E-state index is -0.132. The van der Waals surface area contributed by atoms with Crippen LogP contribution in [0.5, 0.6) is 0 Å². The third kappa shape index (κ3) is 3.27. The molecule has 2 aromatic rings. The van der Waals surface area contributed by atoms with Gasteiger partial charge in [0.15, 0.2) is 0 Å². The molecule has 1 atom stereocenters. The Morgan fingerprint density at radius 2 is 2.25 bits per heavy atom. The van der Waals surface area contributed by atoms with Crippen LogP contribution in [0.2, 0.25) is 5.02 Å². The molecule has 1 aromatic heterocycles. The van der Waals surface area contributed by atoms with Crippen LogP contribution < -0.4 is 17.0 Å². The Hall–Kier alpha value is -1.63. The van der Waals surface area contributed by atoms with Crippen LogP contribution >= 0.6 is 11.6 Å². The van der Waals surface area contributed by atoms with E-state index in [4.69, 9.17) is 23.2 Å². The molecule has 1 aromatic carbocycles. The number of hydrogen-bond donors (Lipinski definition) is 3. The highest BCUT2D eigenvalue weighted by molar-refractivity contribution is 6.30. The summed E-state index contributed by atoms with van der Waals surface area (Å²) in [5.41, 5.74) is 10.3. The summed E-state index contributed by atoms with van der Waals surface area (Å²) in [5, 5.41) is 4.82. The van der Waals surface area contributed by atoms with Crippen molar-refractivity contribution in [3.63, 3.8) is 0 Å². The summed E-state index contributed by atoms with van der Waals surface area (Å²) in [6.07, 6.45) is 3.17. The Balaban J connectivity index is 2.22. The Morgan fingerprint density at radius 1 is 1.45 bits per heavy atom. The number of aryl methyl sites for hydroxylation is 1. The fourth-order valence-electron chi connectivity index (χ4n) is 2.15. The van der Waals surface area contributed by atoms with Crippen molar-refractivity contribution in [1.82, 2.24) is 20.2 Å². The monoisotopic (exact) mass is 294 g/mol. The van der Waals surface area contributed by atoms with Crippen molar-refractivity contribution in [3.8, 4) is 0 Å². The van der Waals surface area contributed by atoms with E-state index < -0.39 is 0 Å². The Kier molecular flexibility index (Phi) is 4.94. The quantitative estimate of drug-likeness (QED) is 0.428. The number of nitrogens with one attached hydrogen (secondary N) is 1. The molecule has 7 heteroatoms. The van der Waals surface area contributed by atoms with Crippen LogP contribution in [0.3, 0.4) is 0 Å². The van der Waals surface area contributed by atoms with Gasteiger partial charge < -0.3 is 5.73 Å². The number of benzene rings is 1. The van der Waals surface area contributed by atoms with Crippen molar-refractivity contribution >= 4 is 17.3 Å². The molecule has 2 rings (SSSR count). The number of hydrogen-bond acceptors (Lipinski definition) is 5. The van der Waals surface area contributed by atoms with Gasteiger partial charge in [-0.2, -0.15) is 5.10 Å². The second-order valence-electron chi connectivity index (χ2n) is 4.60. The number of nitrogen functional groups attached to an aromatic ring is 1. The van der Waals surface area contributed by atoms with E-state index in [2.05, 4.69) is 22.4 Å². The number of aromatic nitrogens is 3. The molecule has 5 N–H and O–H groups in total. The van der Waals surface area contributed by atoms with Crippen molar-refractivity contribution in [2.45, 2.75) is 32.4 Å². The summed E-state index contributed by atoms with van der Waals surface area (Å²) in [6.45, 7) is 2.93. The first-order chi connectivity index (χ1) is 9.65. The first-order valence-corrected chi connectivity index (χ1v) is 6.91. The van der Waals surface area contributed by atoms with E-state index in [-0.39, 0.29) is 6.04 Å². The van der Waals surface area contributed by atoms with Gasteiger partial charge in [0, 0.05) is 23.7 Å². The number of hydrazine groups is 1. The fraction of sp³-hybridized carbons (Fsp3) is 0.385. The van der Waals surface area contributed by atoms with Gasteiger partial charge in [-0.3, -0.25) is 16.0 Å². The molecule has 0 aliphatic rings. The van der Waals surface area contributed by atoms with Crippen molar-refractivity contribution in [2.24, 2.45) is 5.84 Å². The zero-order valence-corrected chi connectivity index (χ0v) is 12.1. The third-order valence-electron chi connectivity index (χ3n) is 3.14. The van der Waals surface area contributed by atoms with Gasteiger partial charge in [-0.25, -0.2) is 4.98 Å². The Labute approximate surface area is 123 Å². The molecule has 0 aliphatic heterocycles. The molecule has 0 radical (unpaired) electrons. The van der Waals surface area contributed by atoms with Crippen LogP contribution in [0.15, 0.2) is 24.5 Å². The SMILES string of the molecule is CCCn1ncnc1CC(NN)c1ccc(Cl)cc1N. The summed E-state index contributed by atoms with van der Waals surface area (Å²) in [5.74, 6) is 6.54. The summed E-state index contributed by atoms with van der Waals surface area (Å²) in [4.78, 5) is 4.28. The standard InChI is InChI=1S/C13H19ClN6/c1-2-5-20-13(17-8-18-20)7-12(19-16)10-4-3-9(14)6-11(10)15/h3-4,6,8,12,19H,2,5,7,15-16H2,1H3. The van der Waals surface area contributed by atoms with E-state index >= 15 is 0 Å². The van der Waals surface area contributed by atoms with Crippen molar-refractivity contribution in [3.05, 3.63) is 40.9 Å². The maximum absolute atomic E-state index is 6.00. The minimum absolute atomic E-state index is 0.132. The first kappa shape index (κ1) is 14.8. The van der Waals surface area contributed by atoms with Crippen molar-refractivity contribution < 1.29 is 0 Å². The van der Waals surface area contributed by atoms with Gasteiger partial charge in [-0.05, 0) is 24.1 Å². The minimum Gasteiger partial charge on any atom is -0.398 e. The van der Waals surface area contributed by atoms with Gasteiger partial charge in [0.05, 0.1) is 6.04 Å². The molecular formula is C13H19ClN6. The van der Waals surface area contributed by atoms with Gasteiger partial charge in [0.2, 0.25) is 0 Å². The van der Waals surface area contributed by atoms with Crippen LogP contribution in [0.25, 0.3) is 0 Å². The molecule has 0 spiro atoms. The highest BCUT2D eigenvalue weighted by Gasteiger charge is 2.17. The number of anilines is 1. The topological polar surface area (TPSA) is 94.8 Å². The van der Waals surface area contributed by atoms with Crippen molar-refractivity contribution in [1.29, 1.82) is 0 Å². The molecule has 0 amide bonds. The molecule has 0 aliphatic carbocycles. The summed E-state index contributed by atoms with van der Waals surface area (Å²) in [6, 6.07) is 5.27. The smallest absolute Gasteiger partial charge is 0.138 e. The van der Waals surface area contributed by atoms with Crippen LogP contribution in [-0.2, 0) is 13.0 Å². The van der Waals surface area contributed by atoms with E-state index in [0.29, 0.717) is 17.1 Å². The van der Waals surface area contributed by atoms with Crippen molar-refractivity contribution in [2.75, 3.05) is 5.73 Å². The lowest BCUT2D eigenvalue weighted by molar-refractivity contribution is 0.500. The van der Waals surface area contributed by atoms with Gasteiger partial charge in [0.1, 0.15) is 12.2 Å². The van der Waals surface area contributed by atoms with Gasteiger partial charge in [-0.1, -0.05) is 24.6 Å². The molecule has 1 unspecified atom stereocenters. The lowest BCUT2D eigenvalue weighted by atomic mass is 10.0. The van der Waals surface area contributed by atoms with Gasteiger partial charge in [0.25, 0.3) is 0 Å². The second kappa shape index (κ2) is 6.69. The molecule has 0 bridgehead atoms. The molecule has 0 saturated heterocycles. The Bertz CT molecular complexity index is 568. The van der Waals surface area contributed by atoms with E-state index in [0.717, 1.165) is 24.4 Å². The lowest BCUT2D eigenvalue weighted by Crippen LogP contribution is -2.31. The number of halogens is 1. The average molecular weight is 295 g/mol. The average Bonchev–Trinajstić information content (AvgIpc) is 2.84. The summed E-state index contributed by atoms with van der Waals surface area (Å²) >= 11 is 5.92. The van der Waals surface area contributed by atoms with Crippen LogP contribution in [-0.4, -0.2) is 14.8 Å². The molecule has 1 heterocycles. The highest BCUT2D eigenvalue weighted by atomic mass is 35.5. The maximum Gasteiger partial charge on any atom is 0.138 e. The second-order valence-corrected chi connectivity index (χ2v) is 5.03. The van der Waals surface area contributed by atoms with Crippen LogP contribution in [0.1, 0.15) is 30.8 Å². The lowest BCUT2D eigenvalue weighted by Gasteiger charge is -2.18. The molecule has 108 valence electrons. The van der Waals surface area contributed by atoms with E-state index in [1.807, 2.05) is 10.7 Å². The van der Waals surface area contributed by atoms with Crippen LogP contribution in [0, 0.1) is 0 Å². The number of rotatable bonds is 6. The number of nitrogens with two attached hydrogens (primary N) is 2. The largest absolute Gasteiger partial charge is 0.398 e. The van der Waals surface area contributed by atoms with E-state index in [1.165, 1.54) is 0 Å². The fourth-order valence-corrected chi connectivity index (χ4v) is 2.33. The first-order valence-electron chi connectivity index (χ1n) is 6.53. The predicted molar refractivity (Wildman–Crippen MR) is 79.9 cm³/mol. The molecule has 6 nitrogen and oxygen atoms in total. The molecule has 0 fully saturated rings. The number of nitrogens with zero attached hydrogens (tertiary/aromatic N) is 3. The van der Waals surface area contributed by atoms with Gasteiger partial charge >= 0.3 is 0 Å². The third-order valence-corrected chi connectivity index (χ3v) is 3.38. The molecule has 20 heavy (non-hydrogen) atoms. The van der Waals surface area contributed by atoms with Crippen LogP contribution in [0.4, 0.5) is 5.69 Å². The molecule has 0 saturated carbocycles. The molecular weight excluding hydrogens is 276 g/mol. The summed E-state index contributed by atoms with van der Waals surface area (Å²) < 4.78 is 1.89. The summed E-state index contributed by atoms with van der Waals surface area (Å²) in [7, 11) is 0. The maximum atomic E-state index is 6.00.